The minimum atomic E-state index is -0.883. The molecule has 0 saturated heterocycles. The number of hydrogen-bond acceptors (Lipinski definition) is 7. The van der Waals surface area contributed by atoms with E-state index in [1.165, 1.54) is 6.33 Å². The highest BCUT2D eigenvalue weighted by molar-refractivity contribution is 5.91. The Labute approximate surface area is 147 Å². The highest BCUT2D eigenvalue weighted by atomic mass is 16.4. The molecular formula is C17H14N6O3. The second kappa shape index (κ2) is 6.63. The molecule has 0 radical (unpaired) electrons. The number of H-pyrrole nitrogens is 1. The van der Waals surface area contributed by atoms with E-state index in [4.69, 9.17) is 9.52 Å². The maximum atomic E-state index is 10.7. The third-order valence-corrected chi connectivity index (χ3v) is 3.74. The number of nitrogens with zero attached hydrogens (tertiary/aromatic N) is 4. The molecule has 4 aromatic heterocycles. The van der Waals surface area contributed by atoms with E-state index in [2.05, 4.69) is 30.2 Å². The standard InChI is InChI=1S/C17H14N6O3/c24-15(25)3-4-19-14-6-12(13-2-1-5-26-13)22-17(23-14)11-8-20-16-10(11)7-18-9-21-16/h1-2,5-9H,3-4H2,(H,24,25)(H,18,20,21)(H,19,22,23). The molecular weight excluding hydrogens is 336 g/mol. The number of furan rings is 1. The molecule has 0 aliphatic carbocycles. The molecule has 0 atom stereocenters. The molecule has 26 heavy (non-hydrogen) atoms. The third-order valence-electron chi connectivity index (χ3n) is 3.74. The fourth-order valence-electron chi connectivity index (χ4n) is 2.55. The number of carbonyl (C=O) groups is 1. The molecule has 0 saturated carbocycles. The second-order valence-electron chi connectivity index (χ2n) is 5.50. The summed E-state index contributed by atoms with van der Waals surface area (Å²) in [5.41, 5.74) is 2.02. The van der Waals surface area contributed by atoms with Crippen molar-refractivity contribution in [2.75, 3.05) is 11.9 Å². The Morgan fingerprint density at radius 2 is 2.27 bits per heavy atom. The summed E-state index contributed by atoms with van der Waals surface area (Å²) in [6.45, 7) is 0.250. The van der Waals surface area contributed by atoms with Gasteiger partial charge in [0.2, 0.25) is 0 Å². The summed E-state index contributed by atoms with van der Waals surface area (Å²) in [6, 6.07) is 5.29. The fraction of sp³-hybridized carbons (Fsp3) is 0.118. The van der Waals surface area contributed by atoms with Gasteiger partial charge < -0.3 is 19.8 Å². The highest BCUT2D eigenvalue weighted by Gasteiger charge is 2.14. The van der Waals surface area contributed by atoms with Crippen molar-refractivity contribution in [3.63, 3.8) is 0 Å². The van der Waals surface area contributed by atoms with Crippen LogP contribution in [0.2, 0.25) is 0 Å². The first-order valence-electron chi connectivity index (χ1n) is 7.87. The number of aromatic amines is 1. The molecule has 4 aromatic rings. The lowest BCUT2D eigenvalue weighted by atomic mass is 10.2. The average molecular weight is 350 g/mol. The van der Waals surface area contributed by atoms with E-state index < -0.39 is 5.97 Å². The molecule has 0 aliphatic rings. The van der Waals surface area contributed by atoms with Crippen molar-refractivity contribution in [2.24, 2.45) is 0 Å². The summed E-state index contributed by atoms with van der Waals surface area (Å²) in [5, 5.41) is 12.6. The zero-order chi connectivity index (χ0) is 17.9. The van der Waals surface area contributed by atoms with Crippen LogP contribution in [0.25, 0.3) is 33.9 Å². The maximum absolute atomic E-state index is 10.7. The Morgan fingerprint density at radius 1 is 1.35 bits per heavy atom. The highest BCUT2D eigenvalue weighted by Crippen LogP contribution is 2.28. The van der Waals surface area contributed by atoms with Crippen LogP contribution in [0.4, 0.5) is 5.82 Å². The van der Waals surface area contributed by atoms with E-state index in [1.54, 1.807) is 36.9 Å². The van der Waals surface area contributed by atoms with Crippen LogP contribution < -0.4 is 5.32 Å². The van der Waals surface area contributed by atoms with E-state index in [1.807, 2.05) is 0 Å². The van der Waals surface area contributed by atoms with Gasteiger partial charge in [-0.1, -0.05) is 0 Å². The van der Waals surface area contributed by atoms with Gasteiger partial charge in [0.15, 0.2) is 11.6 Å². The van der Waals surface area contributed by atoms with E-state index in [0.717, 1.165) is 10.9 Å². The first-order valence-corrected chi connectivity index (χ1v) is 7.87. The zero-order valence-electron chi connectivity index (χ0n) is 13.5. The predicted molar refractivity (Wildman–Crippen MR) is 93.4 cm³/mol. The summed E-state index contributed by atoms with van der Waals surface area (Å²) in [6.07, 6.45) is 6.46. The molecule has 9 nitrogen and oxygen atoms in total. The molecule has 0 aromatic carbocycles. The van der Waals surface area contributed by atoms with E-state index in [9.17, 15) is 4.79 Å². The number of nitrogens with one attached hydrogen (secondary N) is 2. The van der Waals surface area contributed by atoms with Gasteiger partial charge in [0.05, 0.1) is 12.7 Å². The lowest BCUT2D eigenvalue weighted by Crippen LogP contribution is -2.09. The summed E-state index contributed by atoms with van der Waals surface area (Å²) in [7, 11) is 0. The fourth-order valence-corrected chi connectivity index (χ4v) is 2.55. The molecule has 130 valence electrons. The van der Waals surface area contributed by atoms with Gasteiger partial charge in [-0.3, -0.25) is 4.79 Å². The van der Waals surface area contributed by atoms with Gasteiger partial charge in [-0.25, -0.2) is 19.9 Å². The molecule has 9 heteroatoms. The van der Waals surface area contributed by atoms with Crippen LogP contribution in [0.1, 0.15) is 6.42 Å². The quantitative estimate of drug-likeness (QED) is 0.484. The van der Waals surface area contributed by atoms with Gasteiger partial charge in [-0.15, -0.1) is 0 Å². The van der Waals surface area contributed by atoms with Crippen molar-refractivity contribution < 1.29 is 14.3 Å². The van der Waals surface area contributed by atoms with Crippen LogP contribution in [0.5, 0.6) is 0 Å². The predicted octanol–water partition coefficient (Wildman–Crippen LogP) is 2.56. The van der Waals surface area contributed by atoms with Gasteiger partial charge in [-0.2, -0.15) is 0 Å². The van der Waals surface area contributed by atoms with Crippen molar-refractivity contribution in [3.8, 4) is 22.8 Å². The molecule has 0 unspecified atom stereocenters. The van der Waals surface area contributed by atoms with E-state index in [0.29, 0.717) is 28.7 Å². The van der Waals surface area contributed by atoms with E-state index >= 15 is 0 Å². The molecule has 0 bridgehead atoms. The Bertz CT molecular complexity index is 1060. The maximum Gasteiger partial charge on any atom is 0.305 e. The van der Waals surface area contributed by atoms with Crippen LogP contribution in [0, 0.1) is 0 Å². The Kier molecular flexibility index (Phi) is 4.02. The van der Waals surface area contributed by atoms with Crippen molar-refractivity contribution >= 4 is 22.8 Å². The van der Waals surface area contributed by atoms with Crippen molar-refractivity contribution in [3.05, 3.63) is 43.2 Å². The van der Waals surface area contributed by atoms with Gasteiger partial charge in [0, 0.05) is 36.0 Å². The lowest BCUT2D eigenvalue weighted by molar-refractivity contribution is -0.136. The molecule has 4 rings (SSSR count). The Hall–Kier alpha value is -3.75. The summed E-state index contributed by atoms with van der Waals surface area (Å²) in [5.74, 6) is 0.671. The van der Waals surface area contributed by atoms with Crippen molar-refractivity contribution in [1.29, 1.82) is 0 Å². The van der Waals surface area contributed by atoms with Gasteiger partial charge >= 0.3 is 5.97 Å². The molecule has 0 amide bonds. The largest absolute Gasteiger partial charge is 0.481 e. The minimum absolute atomic E-state index is 0.0175. The summed E-state index contributed by atoms with van der Waals surface area (Å²) >= 11 is 0. The monoisotopic (exact) mass is 350 g/mol. The zero-order valence-corrected chi connectivity index (χ0v) is 13.5. The van der Waals surface area contributed by atoms with E-state index in [-0.39, 0.29) is 13.0 Å². The number of fused-ring (bicyclic) bond motifs is 1. The topological polar surface area (TPSA) is 130 Å². The third kappa shape index (κ3) is 3.09. The number of carboxylic acids is 1. The van der Waals surface area contributed by atoms with Crippen LogP contribution in [-0.2, 0) is 4.79 Å². The first kappa shape index (κ1) is 15.8. The number of carboxylic acid groups (broad SMARTS) is 1. The smallest absolute Gasteiger partial charge is 0.305 e. The summed E-state index contributed by atoms with van der Waals surface area (Å²) < 4.78 is 5.43. The normalized spacial score (nSPS) is 10.9. The lowest BCUT2D eigenvalue weighted by Gasteiger charge is -2.08. The summed E-state index contributed by atoms with van der Waals surface area (Å²) in [4.78, 5) is 31.1. The SMILES string of the molecule is O=C(O)CCNc1cc(-c2ccco2)nc(-c2c[nH]c3ncncc23)n1. The molecule has 0 aliphatic heterocycles. The molecule has 4 heterocycles. The molecule has 0 spiro atoms. The molecule has 0 fully saturated rings. The molecule has 3 N–H and O–H groups in total. The second-order valence-corrected chi connectivity index (χ2v) is 5.50. The number of anilines is 1. The number of aliphatic carboxylic acids is 1. The number of hydrogen-bond donors (Lipinski definition) is 3. The number of aromatic nitrogens is 5. The van der Waals surface area contributed by atoms with Crippen LogP contribution in [-0.4, -0.2) is 42.5 Å². The van der Waals surface area contributed by atoms with Crippen LogP contribution in [0.15, 0.2) is 47.6 Å². The van der Waals surface area contributed by atoms with Crippen LogP contribution in [0.3, 0.4) is 0 Å². The van der Waals surface area contributed by atoms with Crippen molar-refractivity contribution in [1.82, 2.24) is 24.9 Å². The Balaban J connectivity index is 1.77. The van der Waals surface area contributed by atoms with Crippen LogP contribution >= 0.6 is 0 Å². The van der Waals surface area contributed by atoms with Crippen molar-refractivity contribution in [2.45, 2.75) is 6.42 Å². The Morgan fingerprint density at radius 3 is 3.08 bits per heavy atom. The van der Waals surface area contributed by atoms with Gasteiger partial charge in [0.1, 0.15) is 23.5 Å². The van der Waals surface area contributed by atoms with Gasteiger partial charge in [-0.05, 0) is 12.1 Å². The van der Waals surface area contributed by atoms with Gasteiger partial charge in [0.25, 0.3) is 0 Å². The first-order chi connectivity index (χ1) is 12.7. The average Bonchev–Trinajstić information content (AvgIpc) is 3.31. The minimum Gasteiger partial charge on any atom is -0.481 e. The number of rotatable bonds is 6.